The zero-order valence-corrected chi connectivity index (χ0v) is 16.8. The lowest BCUT2D eigenvalue weighted by Gasteiger charge is -2.35. The fraction of sp³-hybridized carbons (Fsp3) is 0.450. The summed E-state index contributed by atoms with van der Waals surface area (Å²) in [5.41, 5.74) is 2.71. The molecule has 144 valence electrons. The molecule has 1 aromatic heterocycles. The first-order valence-corrected chi connectivity index (χ1v) is 9.20. The zero-order chi connectivity index (χ0) is 19.6. The predicted molar refractivity (Wildman–Crippen MR) is 110 cm³/mol. The Bertz CT molecular complexity index is 812. The lowest BCUT2D eigenvalue weighted by atomic mass is 10.1. The fourth-order valence-electron chi connectivity index (χ4n) is 3.12. The second-order valence-corrected chi connectivity index (χ2v) is 7.29. The number of carbonyl (C=O) groups excluding carboxylic acids is 1. The van der Waals surface area contributed by atoms with E-state index in [1.165, 1.54) is 0 Å². The molecule has 0 spiro atoms. The van der Waals surface area contributed by atoms with E-state index in [0.717, 1.165) is 41.8 Å². The highest BCUT2D eigenvalue weighted by molar-refractivity contribution is 5.95. The number of piperazine rings is 1. The summed E-state index contributed by atoms with van der Waals surface area (Å²) in [6.07, 6.45) is 0. The van der Waals surface area contributed by atoms with Crippen molar-refractivity contribution in [1.29, 1.82) is 0 Å². The summed E-state index contributed by atoms with van der Waals surface area (Å²) in [5, 5.41) is 0. The zero-order valence-electron chi connectivity index (χ0n) is 16.8. The number of benzene rings is 1. The Hall–Kier alpha value is -2.83. The Morgan fingerprint density at radius 3 is 2.30 bits per heavy atom. The first kappa shape index (κ1) is 18.9. The van der Waals surface area contributed by atoms with Crippen molar-refractivity contribution < 1.29 is 4.79 Å². The van der Waals surface area contributed by atoms with Gasteiger partial charge < -0.3 is 19.6 Å². The number of hydrogen-bond donors (Lipinski definition) is 0. The highest BCUT2D eigenvalue weighted by atomic mass is 16.2. The van der Waals surface area contributed by atoms with Crippen LogP contribution in [0.25, 0.3) is 0 Å². The summed E-state index contributed by atoms with van der Waals surface area (Å²) in [7, 11) is 7.91. The van der Waals surface area contributed by atoms with Gasteiger partial charge >= 0.3 is 0 Å². The quantitative estimate of drug-likeness (QED) is 0.821. The highest BCUT2D eigenvalue weighted by Crippen LogP contribution is 2.19. The van der Waals surface area contributed by atoms with Crippen molar-refractivity contribution in [1.82, 2.24) is 14.9 Å². The number of anilines is 3. The minimum atomic E-state index is 0.0810. The van der Waals surface area contributed by atoms with Crippen molar-refractivity contribution in [3.63, 3.8) is 0 Å². The minimum absolute atomic E-state index is 0.0810. The monoisotopic (exact) mass is 368 g/mol. The summed E-state index contributed by atoms with van der Waals surface area (Å²) in [6.45, 7) is 4.78. The third-order valence-electron chi connectivity index (χ3n) is 4.75. The lowest BCUT2D eigenvalue weighted by Crippen LogP contribution is -2.49. The Kier molecular flexibility index (Phi) is 5.48. The first-order valence-electron chi connectivity index (χ1n) is 9.20. The molecule has 1 fully saturated rings. The summed E-state index contributed by atoms with van der Waals surface area (Å²) in [4.78, 5) is 30.1. The molecule has 2 heterocycles. The van der Waals surface area contributed by atoms with E-state index >= 15 is 0 Å². The molecular weight excluding hydrogens is 340 g/mol. The fourth-order valence-corrected chi connectivity index (χ4v) is 3.12. The van der Waals surface area contributed by atoms with E-state index in [9.17, 15) is 4.79 Å². The van der Waals surface area contributed by atoms with E-state index in [-0.39, 0.29) is 5.91 Å². The van der Waals surface area contributed by atoms with Crippen LogP contribution in [0.1, 0.15) is 16.1 Å². The topological polar surface area (TPSA) is 55.8 Å². The minimum Gasteiger partial charge on any atom is -0.378 e. The van der Waals surface area contributed by atoms with Gasteiger partial charge in [-0.15, -0.1) is 0 Å². The molecular formula is C20H28N6O. The summed E-state index contributed by atoms with van der Waals surface area (Å²) in [5.74, 6) is 1.72. The smallest absolute Gasteiger partial charge is 0.254 e. The van der Waals surface area contributed by atoms with Crippen LogP contribution in [0.4, 0.5) is 17.5 Å². The molecule has 7 heteroatoms. The standard InChI is InChI=1S/C20H28N6O/c1-15-13-18(24(4)5)22-20(21-15)26-11-9-25(10-12-26)19(27)16-7-6-8-17(14-16)23(2)3/h6-8,13-14H,9-12H2,1-5H3. The van der Waals surface area contributed by atoms with Crippen molar-refractivity contribution in [3.05, 3.63) is 41.6 Å². The average Bonchev–Trinajstić information content (AvgIpc) is 2.67. The Morgan fingerprint density at radius 2 is 1.67 bits per heavy atom. The van der Waals surface area contributed by atoms with Crippen LogP contribution in [0.15, 0.2) is 30.3 Å². The Morgan fingerprint density at radius 1 is 0.963 bits per heavy atom. The molecule has 1 amide bonds. The maximum atomic E-state index is 12.9. The van der Waals surface area contributed by atoms with Gasteiger partial charge in [0.2, 0.25) is 5.95 Å². The number of aryl methyl sites for hydroxylation is 1. The van der Waals surface area contributed by atoms with Crippen LogP contribution in [0.3, 0.4) is 0 Å². The van der Waals surface area contributed by atoms with Gasteiger partial charge in [-0.3, -0.25) is 4.79 Å². The number of rotatable bonds is 4. The number of nitrogens with zero attached hydrogens (tertiary/aromatic N) is 6. The van der Waals surface area contributed by atoms with Crippen molar-refractivity contribution in [3.8, 4) is 0 Å². The molecule has 3 rings (SSSR count). The molecule has 0 aliphatic carbocycles. The van der Waals surface area contributed by atoms with Crippen molar-refractivity contribution in [2.45, 2.75) is 6.92 Å². The number of carbonyl (C=O) groups is 1. The van der Waals surface area contributed by atoms with E-state index in [1.54, 1.807) is 0 Å². The maximum absolute atomic E-state index is 12.9. The molecule has 1 aliphatic rings. The van der Waals surface area contributed by atoms with E-state index in [1.807, 2.05) is 80.1 Å². The van der Waals surface area contributed by atoms with Gasteiger partial charge in [0, 0.05) is 77.4 Å². The molecule has 1 saturated heterocycles. The molecule has 0 saturated carbocycles. The first-order chi connectivity index (χ1) is 12.8. The van der Waals surface area contributed by atoms with Crippen LogP contribution >= 0.6 is 0 Å². The van der Waals surface area contributed by atoms with E-state index < -0.39 is 0 Å². The second kappa shape index (κ2) is 7.82. The van der Waals surface area contributed by atoms with Crippen LogP contribution in [0, 0.1) is 6.92 Å². The SMILES string of the molecule is Cc1cc(N(C)C)nc(N2CCN(C(=O)c3cccc(N(C)C)c3)CC2)n1. The average molecular weight is 368 g/mol. The van der Waals surface area contributed by atoms with Crippen LogP contribution < -0.4 is 14.7 Å². The summed E-state index contributed by atoms with van der Waals surface area (Å²) >= 11 is 0. The van der Waals surface area contributed by atoms with Gasteiger partial charge in [0.25, 0.3) is 5.91 Å². The van der Waals surface area contributed by atoms with Gasteiger partial charge in [0.1, 0.15) is 5.82 Å². The molecule has 2 aromatic rings. The molecule has 27 heavy (non-hydrogen) atoms. The lowest BCUT2D eigenvalue weighted by molar-refractivity contribution is 0.0746. The summed E-state index contributed by atoms with van der Waals surface area (Å²) in [6, 6.07) is 9.74. The normalized spacial score (nSPS) is 14.3. The van der Waals surface area contributed by atoms with Crippen LogP contribution in [-0.2, 0) is 0 Å². The van der Waals surface area contributed by atoms with Crippen LogP contribution in [0.2, 0.25) is 0 Å². The molecule has 1 aliphatic heterocycles. The molecule has 0 bridgehead atoms. The van der Waals surface area contributed by atoms with Gasteiger partial charge in [0.15, 0.2) is 0 Å². The molecule has 0 radical (unpaired) electrons. The summed E-state index contributed by atoms with van der Waals surface area (Å²) < 4.78 is 0. The van der Waals surface area contributed by atoms with E-state index in [4.69, 9.17) is 0 Å². The van der Waals surface area contributed by atoms with Gasteiger partial charge in [-0.05, 0) is 25.1 Å². The number of amides is 1. The Balaban J connectivity index is 1.68. The highest BCUT2D eigenvalue weighted by Gasteiger charge is 2.24. The van der Waals surface area contributed by atoms with Crippen molar-refractivity contribution >= 4 is 23.4 Å². The molecule has 7 nitrogen and oxygen atoms in total. The van der Waals surface area contributed by atoms with Gasteiger partial charge in [0.05, 0.1) is 0 Å². The third kappa shape index (κ3) is 4.30. The van der Waals surface area contributed by atoms with Gasteiger partial charge in [-0.2, -0.15) is 4.98 Å². The molecule has 0 atom stereocenters. The largest absolute Gasteiger partial charge is 0.378 e. The third-order valence-corrected chi connectivity index (χ3v) is 4.75. The number of aromatic nitrogens is 2. The maximum Gasteiger partial charge on any atom is 0.254 e. The predicted octanol–water partition coefficient (Wildman–Crippen LogP) is 1.88. The number of hydrogen-bond acceptors (Lipinski definition) is 6. The van der Waals surface area contributed by atoms with E-state index in [2.05, 4.69) is 14.9 Å². The Labute approximate surface area is 161 Å². The second-order valence-electron chi connectivity index (χ2n) is 7.29. The van der Waals surface area contributed by atoms with Crippen LogP contribution in [-0.4, -0.2) is 75.1 Å². The van der Waals surface area contributed by atoms with Crippen molar-refractivity contribution in [2.75, 3.05) is 69.1 Å². The van der Waals surface area contributed by atoms with Gasteiger partial charge in [-0.25, -0.2) is 4.98 Å². The molecule has 0 unspecified atom stereocenters. The van der Waals surface area contributed by atoms with Crippen LogP contribution in [0.5, 0.6) is 0 Å². The van der Waals surface area contributed by atoms with Crippen molar-refractivity contribution in [2.24, 2.45) is 0 Å². The van der Waals surface area contributed by atoms with Gasteiger partial charge in [-0.1, -0.05) is 6.07 Å². The van der Waals surface area contributed by atoms with E-state index in [0.29, 0.717) is 13.1 Å². The molecule has 1 aromatic carbocycles. The molecule has 0 N–H and O–H groups in total.